The Hall–Kier alpha value is -3.02. The van der Waals surface area contributed by atoms with Crippen molar-refractivity contribution in [1.82, 2.24) is 0 Å². The van der Waals surface area contributed by atoms with Gasteiger partial charge in [-0.15, -0.1) is 0 Å². The molecule has 0 radical (unpaired) electrons. The smallest absolute Gasteiger partial charge is 0.314 e. The molecule has 0 saturated carbocycles. The second-order valence-corrected chi connectivity index (χ2v) is 5.27. The monoisotopic (exact) mass is 328 g/mol. The summed E-state index contributed by atoms with van der Waals surface area (Å²) in [5, 5.41) is 5.08. The second-order valence-electron chi connectivity index (χ2n) is 5.27. The van der Waals surface area contributed by atoms with Gasteiger partial charge in [0.2, 0.25) is 0 Å². The van der Waals surface area contributed by atoms with Crippen molar-refractivity contribution in [1.29, 1.82) is 0 Å². The van der Waals surface area contributed by atoms with Gasteiger partial charge in [0, 0.05) is 0 Å². The highest BCUT2D eigenvalue weighted by Gasteiger charge is 2.17. The SMILES string of the molecule is COc1ccccc1NC(=O)C(=O)Nc1ccccc1OC(C)C. The summed E-state index contributed by atoms with van der Waals surface area (Å²) in [6, 6.07) is 13.8. The summed E-state index contributed by atoms with van der Waals surface area (Å²) >= 11 is 0. The number of ether oxygens (including phenoxy) is 2. The van der Waals surface area contributed by atoms with E-state index in [9.17, 15) is 9.59 Å². The lowest BCUT2D eigenvalue weighted by atomic mass is 10.2. The molecule has 2 N–H and O–H groups in total. The fourth-order valence-electron chi connectivity index (χ4n) is 2.03. The van der Waals surface area contributed by atoms with Gasteiger partial charge in [0.15, 0.2) is 0 Å². The van der Waals surface area contributed by atoms with E-state index in [0.29, 0.717) is 22.9 Å². The molecule has 0 aliphatic heterocycles. The molecular weight excluding hydrogens is 308 g/mol. The van der Waals surface area contributed by atoms with E-state index < -0.39 is 11.8 Å². The molecule has 6 nitrogen and oxygen atoms in total. The summed E-state index contributed by atoms with van der Waals surface area (Å²) in [6.07, 6.45) is -0.0505. The van der Waals surface area contributed by atoms with Crippen LogP contribution in [0.4, 0.5) is 11.4 Å². The van der Waals surface area contributed by atoms with Crippen molar-refractivity contribution < 1.29 is 19.1 Å². The number of carbonyl (C=O) groups is 2. The highest BCUT2D eigenvalue weighted by Crippen LogP contribution is 2.25. The Kier molecular flexibility index (Phi) is 5.78. The molecule has 2 rings (SSSR count). The fraction of sp³-hybridized carbons (Fsp3) is 0.222. The van der Waals surface area contributed by atoms with Gasteiger partial charge in [-0.05, 0) is 38.1 Å². The maximum atomic E-state index is 12.1. The molecule has 0 heterocycles. The van der Waals surface area contributed by atoms with Crippen molar-refractivity contribution in [2.45, 2.75) is 20.0 Å². The molecule has 0 spiro atoms. The molecule has 2 amide bonds. The largest absolute Gasteiger partial charge is 0.495 e. The average molecular weight is 328 g/mol. The quantitative estimate of drug-likeness (QED) is 0.827. The van der Waals surface area contributed by atoms with Crippen LogP contribution in [0, 0.1) is 0 Å². The van der Waals surface area contributed by atoms with Crippen LogP contribution in [-0.2, 0) is 9.59 Å². The van der Waals surface area contributed by atoms with Crippen LogP contribution in [-0.4, -0.2) is 25.0 Å². The molecule has 0 aliphatic rings. The van der Waals surface area contributed by atoms with Crippen LogP contribution in [0.3, 0.4) is 0 Å². The molecule has 0 bridgehead atoms. The molecule has 0 aromatic heterocycles. The van der Waals surface area contributed by atoms with Crippen molar-refractivity contribution in [2.75, 3.05) is 17.7 Å². The highest BCUT2D eigenvalue weighted by atomic mass is 16.5. The predicted octanol–water partition coefficient (Wildman–Crippen LogP) is 3.06. The lowest BCUT2D eigenvalue weighted by Crippen LogP contribution is -2.29. The Labute approximate surface area is 140 Å². The molecule has 0 saturated heterocycles. The van der Waals surface area contributed by atoms with Gasteiger partial charge in [0.05, 0.1) is 24.6 Å². The summed E-state index contributed by atoms with van der Waals surface area (Å²) in [5.41, 5.74) is 0.859. The summed E-state index contributed by atoms with van der Waals surface area (Å²) in [4.78, 5) is 24.2. The van der Waals surface area contributed by atoms with Crippen LogP contribution < -0.4 is 20.1 Å². The number of rotatable bonds is 5. The van der Waals surface area contributed by atoms with E-state index in [1.54, 1.807) is 48.5 Å². The van der Waals surface area contributed by atoms with Gasteiger partial charge >= 0.3 is 11.8 Å². The van der Waals surface area contributed by atoms with Gasteiger partial charge in [0.1, 0.15) is 11.5 Å². The third kappa shape index (κ3) is 4.49. The lowest BCUT2D eigenvalue weighted by Gasteiger charge is -2.15. The molecule has 0 atom stereocenters. The first-order chi connectivity index (χ1) is 11.5. The van der Waals surface area contributed by atoms with Crippen LogP contribution in [0.2, 0.25) is 0 Å². The van der Waals surface area contributed by atoms with Crippen molar-refractivity contribution >= 4 is 23.2 Å². The standard InChI is InChI=1S/C18H20N2O4/c1-12(2)24-16-11-7-5-9-14(16)20-18(22)17(21)19-13-8-4-6-10-15(13)23-3/h4-12H,1-3H3,(H,19,21)(H,20,22). The maximum absolute atomic E-state index is 12.1. The van der Waals surface area contributed by atoms with Gasteiger partial charge in [-0.2, -0.15) is 0 Å². The number of benzene rings is 2. The van der Waals surface area contributed by atoms with Crippen molar-refractivity contribution in [3.8, 4) is 11.5 Å². The number of carbonyl (C=O) groups excluding carboxylic acids is 2. The molecule has 2 aromatic carbocycles. The number of methoxy groups -OCH3 is 1. The number of para-hydroxylation sites is 4. The minimum Gasteiger partial charge on any atom is -0.495 e. The van der Waals surface area contributed by atoms with Gasteiger partial charge in [0.25, 0.3) is 0 Å². The lowest BCUT2D eigenvalue weighted by molar-refractivity contribution is -0.133. The van der Waals surface area contributed by atoms with E-state index in [1.165, 1.54) is 7.11 Å². The maximum Gasteiger partial charge on any atom is 0.314 e. The Bertz CT molecular complexity index is 728. The van der Waals surface area contributed by atoms with E-state index in [1.807, 2.05) is 13.8 Å². The first-order valence-corrected chi connectivity index (χ1v) is 7.52. The fourth-order valence-corrected chi connectivity index (χ4v) is 2.03. The van der Waals surface area contributed by atoms with E-state index >= 15 is 0 Å². The Morgan fingerprint density at radius 3 is 1.79 bits per heavy atom. The number of hydrogen-bond acceptors (Lipinski definition) is 4. The molecule has 0 aliphatic carbocycles. The zero-order valence-electron chi connectivity index (χ0n) is 13.8. The summed E-state index contributed by atoms with van der Waals surface area (Å²) in [7, 11) is 1.49. The zero-order chi connectivity index (χ0) is 17.5. The molecular formula is C18H20N2O4. The zero-order valence-corrected chi connectivity index (χ0v) is 13.8. The molecule has 126 valence electrons. The predicted molar refractivity (Wildman–Crippen MR) is 92.5 cm³/mol. The minimum absolute atomic E-state index is 0.0505. The van der Waals surface area contributed by atoms with Crippen LogP contribution in [0.1, 0.15) is 13.8 Å². The highest BCUT2D eigenvalue weighted by molar-refractivity contribution is 6.43. The number of hydrogen-bond donors (Lipinski definition) is 2. The Morgan fingerprint density at radius 1 is 0.833 bits per heavy atom. The summed E-state index contributed by atoms with van der Waals surface area (Å²) in [5.74, 6) is -0.604. The normalized spacial score (nSPS) is 10.2. The third-order valence-corrected chi connectivity index (χ3v) is 3.06. The Balaban J connectivity index is 2.08. The first-order valence-electron chi connectivity index (χ1n) is 7.52. The van der Waals surface area contributed by atoms with E-state index in [-0.39, 0.29) is 6.10 Å². The average Bonchev–Trinajstić information content (AvgIpc) is 2.56. The van der Waals surface area contributed by atoms with E-state index in [4.69, 9.17) is 9.47 Å². The molecule has 0 unspecified atom stereocenters. The minimum atomic E-state index is -0.793. The third-order valence-electron chi connectivity index (χ3n) is 3.06. The Morgan fingerprint density at radius 2 is 1.29 bits per heavy atom. The summed E-state index contributed by atoms with van der Waals surface area (Å²) < 4.78 is 10.8. The van der Waals surface area contributed by atoms with Crippen molar-refractivity contribution in [3.63, 3.8) is 0 Å². The molecule has 0 fully saturated rings. The first kappa shape index (κ1) is 17.3. The van der Waals surface area contributed by atoms with Crippen LogP contribution in [0.5, 0.6) is 11.5 Å². The number of nitrogens with one attached hydrogen (secondary N) is 2. The van der Waals surface area contributed by atoms with Crippen molar-refractivity contribution in [3.05, 3.63) is 48.5 Å². The van der Waals surface area contributed by atoms with Crippen LogP contribution in [0.15, 0.2) is 48.5 Å². The van der Waals surface area contributed by atoms with E-state index in [2.05, 4.69) is 10.6 Å². The van der Waals surface area contributed by atoms with Crippen LogP contribution >= 0.6 is 0 Å². The van der Waals surface area contributed by atoms with Gasteiger partial charge in [-0.25, -0.2) is 0 Å². The van der Waals surface area contributed by atoms with Crippen molar-refractivity contribution in [2.24, 2.45) is 0 Å². The van der Waals surface area contributed by atoms with Gasteiger partial charge in [-0.1, -0.05) is 24.3 Å². The van der Waals surface area contributed by atoms with Crippen LogP contribution in [0.25, 0.3) is 0 Å². The number of amides is 2. The molecule has 24 heavy (non-hydrogen) atoms. The van der Waals surface area contributed by atoms with E-state index in [0.717, 1.165) is 0 Å². The second kappa shape index (κ2) is 8.01. The van der Waals surface area contributed by atoms with Gasteiger partial charge in [-0.3, -0.25) is 9.59 Å². The van der Waals surface area contributed by atoms with Gasteiger partial charge < -0.3 is 20.1 Å². The molecule has 6 heteroatoms. The molecule has 2 aromatic rings. The summed E-state index contributed by atoms with van der Waals surface area (Å²) in [6.45, 7) is 3.76. The number of anilines is 2. The topological polar surface area (TPSA) is 76.7 Å².